The molecule has 0 saturated carbocycles. The van der Waals surface area contributed by atoms with Crippen molar-refractivity contribution in [3.8, 4) is 5.75 Å². The number of ether oxygens (including phenoxy) is 1. The van der Waals surface area contributed by atoms with Crippen LogP contribution in [-0.2, 0) is 6.42 Å². The maximum atomic E-state index is 5.40. The van der Waals surface area contributed by atoms with E-state index >= 15 is 0 Å². The Morgan fingerprint density at radius 3 is 2.97 bits per heavy atom. The van der Waals surface area contributed by atoms with E-state index in [0.717, 1.165) is 31.0 Å². The summed E-state index contributed by atoms with van der Waals surface area (Å²) in [6, 6.07) is 15.2. The average molecular weight is 409 g/mol. The highest BCUT2D eigenvalue weighted by Gasteiger charge is 2.29. The molecule has 1 aliphatic rings. The third-order valence-corrected chi connectivity index (χ3v) is 6.22. The van der Waals surface area contributed by atoms with E-state index in [4.69, 9.17) is 9.72 Å². The molecule has 3 atom stereocenters. The molecule has 0 amide bonds. The molecule has 2 aromatic heterocycles. The Morgan fingerprint density at radius 1 is 1.28 bits per heavy atom. The Kier molecular flexibility index (Phi) is 6.56. The van der Waals surface area contributed by atoms with E-state index in [2.05, 4.69) is 64.2 Å². The zero-order valence-corrected chi connectivity index (χ0v) is 17.7. The molecule has 152 valence electrons. The van der Waals surface area contributed by atoms with Crippen molar-refractivity contribution in [2.45, 2.75) is 25.4 Å². The second kappa shape index (κ2) is 9.50. The molecule has 4 rings (SSSR count). The Morgan fingerprint density at radius 2 is 2.21 bits per heavy atom. The van der Waals surface area contributed by atoms with Crippen molar-refractivity contribution >= 4 is 11.3 Å². The van der Waals surface area contributed by atoms with Gasteiger partial charge >= 0.3 is 0 Å². The van der Waals surface area contributed by atoms with Crippen molar-refractivity contribution < 1.29 is 4.74 Å². The lowest BCUT2D eigenvalue weighted by atomic mass is 9.94. The van der Waals surface area contributed by atoms with Crippen LogP contribution in [0.15, 0.2) is 59.4 Å². The van der Waals surface area contributed by atoms with Crippen LogP contribution in [0.5, 0.6) is 5.75 Å². The number of nitrogens with one attached hydrogen (secondary N) is 3. The van der Waals surface area contributed by atoms with Gasteiger partial charge in [-0.15, -0.1) is 0 Å². The van der Waals surface area contributed by atoms with Crippen molar-refractivity contribution in [2.24, 2.45) is 5.92 Å². The molecule has 6 heteroatoms. The smallest absolute Gasteiger partial charge is 0.119 e. The van der Waals surface area contributed by atoms with Gasteiger partial charge in [0.05, 0.1) is 24.9 Å². The molecule has 3 unspecified atom stereocenters. The monoisotopic (exact) mass is 408 g/mol. The lowest BCUT2D eigenvalue weighted by Crippen LogP contribution is -2.32. The van der Waals surface area contributed by atoms with E-state index in [0.29, 0.717) is 5.92 Å². The third kappa shape index (κ3) is 5.03. The summed E-state index contributed by atoms with van der Waals surface area (Å²) in [4.78, 5) is 4.70. The molecule has 0 bridgehead atoms. The number of nitrogens with zero attached hydrogens (tertiary/aromatic N) is 1. The first-order valence-electron chi connectivity index (χ1n) is 10.0. The second-order valence-corrected chi connectivity index (χ2v) is 8.38. The van der Waals surface area contributed by atoms with Gasteiger partial charge in [-0.1, -0.05) is 18.2 Å². The fraction of sp³-hybridized carbons (Fsp3) is 0.348. The van der Waals surface area contributed by atoms with Gasteiger partial charge in [0.1, 0.15) is 5.75 Å². The molecule has 0 aliphatic carbocycles. The Balaban J connectivity index is 1.47. The van der Waals surface area contributed by atoms with Crippen LogP contribution in [-0.4, -0.2) is 25.2 Å². The van der Waals surface area contributed by atoms with Crippen molar-refractivity contribution in [3.05, 3.63) is 81.8 Å². The average Bonchev–Trinajstić information content (AvgIpc) is 3.44. The summed E-state index contributed by atoms with van der Waals surface area (Å²) < 4.78 is 5.40. The summed E-state index contributed by atoms with van der Waals surface area (Å²) >= 11 is 1.74. The summed E-state index contributed by atoms with van der Waals surface area (Å²) in [5.74, 6) is 1.32. The molecular formula is C23H28N4OS. The van der Waals surface area contributed by atoms with Crippen molar-refractivity contribution in [1.29, 1.82) is 0 Å². The van der Waals surface area contributed by atoms with Crippen LogP contribution in [0.4, 0.5) is 0 Å². The van der Waals surface area contributed by atoms with Crippen molar-refractivity contribution in [2.75, 3.05) is 20.2 Å². The summed E-state index contributed by atoms with van der Waals surface area (Å²) in [6.07, 6.45) is 2.90. The fourth-order valence-electron chi connectivity index (χ4n) is 3.82. The molecular weight excluding hydrogens is 380 g/mol. The number of aryl methyl sites for hydroxylation is 1. The molecule has 3 aromatic rings. The number of thiophene rings is 1. The van der Waals surface area contributed by atoms with Gasteiger partial charge in [0.2, 0.25) is 0 Å². The van der Waals surface area contributed by atoms with E-state index in [1.54, 1.807) is 18.4 Å². The van der Waals surface area contributed by atoms with Gasteiger partial charge in [0, 0.05) is 25.2 Å². The molecule has 3 heterocycles. The van der Waals surface area contributed by atoms with Crippen molar-refractivity contribution in [3.63, 3.8) is 0 Å². The zero-order chi connectivity index (χ0) is 20.1. The fourth-order valence-corrected chi connectivity index (χ4v) is 4.50. The third-order valence-electron chi connectivity index (χ3n) is 5.48. The predicted octanol–water partition coefficient (Wildman–Crippen LogP) is 3.80. The first-order chi connectivity index (χ1) is 14.2. The molecule has 1 fully saturated rings. The summed E-state index contributed by atoms with van der Waals surface area (Å²) in [6.45, 7) is 3.89. The predicted molar refractivity (Wildman–Crippen MR) is 118 cm³/mol. The first-order valence-corrected chi connectivity index (χ1v) is 11.0. The van der Waals surface area contributed by atoms with Crippen LogP contribution >= 0.6 is 11.3 Å². The number of pyridine rings is 1. The SMILES string of the molecule is COc1cccc(C2NNCC2CNC(Cc2ccsc2)c2ccc(C)cn2)c1. The first kappa shape index (κ1) is 20.0. The Bertz CT molecular complexity index is 898. The lowest BCUT2D eigenvalue weighted by molar-refractivity contribution is 0.397. The molecule has 29 heavy (non-hydrogen) atoms. The van der Waals surface area contributed by atoms with Crippen LogP contribution in [0.3, 0.4) is 0 Å². The number of benzene rings is 1. The maximum absolute atomic E-state index is 5.40. The molecule has 1 aliphatic heterocycles. The summed E-state index contributed by atoms with van der Waals surface area (Å²) in [5.41, 5.74) is 11.6. The van der Waals surface area contributed by atoms with Gasteiger partial charge in [0.15, 0.2) is 0 Å². The number of hydrogen-bond donors (Lipinski definition) is 3. The number of methoxy groups -OCH3 is 1. The summed E-state index contributed by atoms with van der Waals surface area (Å²) in [5, 5.41) is 8.16. The van der Waals surface area contributed by atoms with Gasteiger partial charge in [0.25, 0.3) is 0 Å². The van der Waals surface area contributed by atoms with Gasteiger partial charge in [-0.05, 0) is 65.1 Å². The van der Waals surface area contributed by atoms with Crippen LogP contribution in [0, 0.1) is 12.8 Å². The van der Waals surface area contributed by atoms with Crippen LogP contribution in [0.25, 0.3) is 0 Å². The van der Waals surface area contributed by atoms with E-state index in [-0.39, 0.29) is 12.1 Å². The molecule has 3 N–H and O–H groups in total. The van der Waals surface area contributed by atoms with Crippen molar-refractivity contribution in [1.82, 2.24) is 21.2 Å². The standard InChI is InChI=1S/C23H28N4OS/c1-16-6-7-21(24-12-16)22(10-17-8-9-29-15-17)25-13-19-14-26-27-23(19)18-4-3-5-20(11-18)28-2/h3-9,11-12,15,19,22-23,25-27H,10,13-14H2,1-2H3. The van der Waals surface area contributed by atoms with E-state index in [9.17, 15) is 0 Å². The largest absolute Gasteiger partial charge is 0.497 e. The second-order valence-electron chi connectivity index (χ2n) is 7.60. The minimum Gasteiger partial charge on any atom is -0.497 e. The van der Waals surface area contributed by atoms with E-state index in [1.165, 1.54) is 16.7 Å². The summed E-state index contributed by atoms with van der Waals surface area (Å²) in [7, 11) is 1.71. The minimum absolute atomic E-state index is 0.191. The maximum Gasteiger partial charge on any atom is 0.119 e. The minimum atomic E-state index is 0.191. The molecule has 1 aromatic carbocycles. The number of rotatable bonds is 8. The van der Waals surface area contributed by atoms with E-state index < -0.39 is 0 Å². The number of hydrogen-bond acceptors (Lipinski definition) is 6. The Hall–Kier alpha value is -2.25. The Labute approximate surface area is 176 Å². The van der Waals surface area contributed by atoms with Gasteiger partial charge in [-0.25, -0.2) is 5.43 Å². The zero-order valence-electron chi connectivity index (χ0n) is 16.9. The lowest BCUT2D eigenvalue weighted by Gasteiger charge is -2.24. The molecule has 0 spiro atoms. The topological polar surface area (TPSA) is 58.2 Å². The molecule has 0 radical (unpaired) electrons. The number of hydrazine groups is 1. The quantitative estimate of drug-likeness (QED) is 0.529. The van der Waals surface area contributed by atoms with E-state index in [1.807, 2.05) is 18.3 Å². The highest BCUT2D eigenvalue weighted by Crippen LogP contribution is 2.28. The number of aromatic nitrogens is 1. The van der Waals surface area contributed by atoms with Crippen LogP contribution in [0.1, 0.15) is 34.5 Å². The van der Waals surface area contributed by atoms with Crippen LogP contribution in [0.2, 0.25) is 0 Å². The normalized spacial score (nSPS) is 19.9. The molecule has 1 saturated heterocycles. The van der Waals surface area contributed by atoms with Gasteiger partial charge in [-0.2, -0.15) is 11.3 Å². The molecule has 5 nitrogen and oxygen atoms in total. The van der Waals surface area contributed by atoms with Crippen LogP contribution < -0.4 is 20.9 Å². The highest BCUT2D eigenvalue weighted by molar-refractivity contribution is 7.07. The van der Waals surface area contributed by atoms with Gasteiger partial charge < -0.3 is 10.1 Å². The van der Waals surface area contributed by atoms with Gasteiger partial charge in [-0.3, -0.25) is 10.4 Å². The highest BCUT2D eigenvalue weighted by atomic mass is 32.1.